The van der Waals surface area contributed by atoms with Crippen molar-refractivity contribution in [3.05, 3.63) is 11.6 Å². The van der Waals surface area contributed by atoms with Gasteiger partial charge in [-0.3, -0.25) is 0 Å². The van der Waals surface area contributed by atoms with Gasteiger partial charge in [0.1, 0.15) is 0 Å². The number of aliphatic hydroxyl groups excluding tert-OH is 1. The maximum atomic E-state index is 8.92. The number of rotatable bonds is 5. The van der Waals surface area contributed by atoms with Gasteiger partial charge in [-0.15, -0.1) is 0 Å². The summed E-state index contributed by atoms with van der Waals surface area (Å²) < 4.78 is 6.68. The first-order valence-electron chi connectivity index (χ1n) is 9.73. The van der Waals surface area contributed by atoms with Crippen LogP contribution < -0.4 is 0 Å². The smallest absolute Gasteiger partial charge is 0.192 e. The summed E-state index contributed by atoms with van der Waals surface area (Å²) in [6.07, 6.45) is 15.0. The van der Waals surface area contributed by atoms with Gasteiger partial charge in [-0.1, -0.05) is 45.3 Å². The van der Waals surface area contributed by atoms with Crippen LogP contribution >= 0.6 is 0 Å². The molecule has 1 aliphatic carbocycles. The average Bonchev–Trinajstić information content (AvgIpc) is 2.45. The summed E-state index contributed by atoms with van der Waals surface area (Å²) in [6, 6.07) is 0. The van der Waals surface area contributed by atoms with E-state index in [4.69, 9.17) is 9.53 Å². The molecular formula is C20H40O2Si. The fraction of sp³-hybridized carbons (Fsp3) is 0.900. The molecule has 0 saturated heterocycles. The molecule has 0 aliphatic heterocycles. The monoisotopic (exact) mass is 340 g/mol. The quantitative estimate of drug-likeness (QED) is 0.366. The minimum Gasteiger partial charge on any atom is -0.414 e. The second kappa shape index (κ2) is 10.0. The molecule has 23 heavy (non-hydrogen) atoms. The highest BCUT2D eigenvalue weighted by molar-refractivity contribution is 6.74. The average molecular weight is 341 g/mol. The Morgan fingerprint density at radius 1 is 1.09 bits per heavy atom. The predicted molar refractivity (Wildman–Crippen MR) is 103 cm³/mol. The van der Waals surface area contributed by atoms with E-state index < -0.39 is 8.32 Å². The molecule has 1 saturated carbocycles. The van der Waals surface area contributed by atoms with Crippen molar-refractivity contribution in [1.29, 1.82) is 0 Å². The van der Waals surface area contributed by atoms with Crippen LogP contribution in [0.1, 0.15) is 85.0 Å². The second-order valence-electron chi connectivity index (χ2n) is 8.72. The number of allylic oxidation sites excluding steroid dienone is 2. The maximum absolute atomic E-state index is 8.92. The largest absolute Gasteiger partial charge is 0.414 e. The highest BCUT2D eigenvalue weighted by Crippen LogP contribution is 2.38. The van der Waals surface area contributed by atoms with Gasteiger partial charge < -0.3 is 9.53 Å². The SMILES string of the molecule is CC(C)(C)[Si](C)(C)OC1CCCCC(=CCCCO)CCCC1. The van der Waals surface area contributed by atoms with Gasteiger partial charge in [0.05, 0.1) is 0 Å². The predicted octanol–water partition coefficient (Wildman–Crippen LogP) is 6.21. The zero-order valence-electron chi connectivity index (χ0n) is 16.3. The lowest BCUT2D eigenvalue weighted by Crippen LogP contribution is -2.44. The van der Waals surface area contributed by atoms with Crippen LogP contribution in [0.25, 0.3) is 0 Å². The number of unbranched alkanes of at least 4 members (excludes halogenated alkanes) is 1. The zero-order chi connectivity index (χ0) is 17.3. The van der Waals surface area contributed by atoms with Crippen LogP contribution in [0, 0.1) is 0 Å². The lowest BCUT2D eigenvalue weighted by atomic mass is 9.95. The van der Waals surface area contributed by atoms with Crippen molar-refractivity contribution in [2.45, 2.75) is 109 Å². The van der Waals surface area contributed by atoms with Gasteiger partial charge in [0.15, 0.2) is 8.32 Å². The molecule has 1 N–H and O–H groups in total. The van der Waals surface area contributed by atoms with E-state index in [-0.39, 0.29) is 0 Å². The van der Waals surface area contributed by atoms with Gasteiger partial charge in [0.2, 0.25) is 0 Å². The molecule has 0 radical (unpaired) electrons. The van der Waals surface area contributed by atoms with Crippen LogP contribution in [0.3, 0.4) is 0 Å². The molecule has 0 amide bonds. The Labute approximate surface area is 145 Å². The Balaban J connectivity index is 2.49. The van der Waals surface area contributed by atoms with Crippen LogP contribution in [-0.4, -0.2) is 26.1 Å². The standard InChI is InChI=1S/C20H40O2Si/c1-20(2,3)23(4,5)22-19-15-8-6-12-18(13-7-9-16-19)14-10-11-17-21/h14,19,21H,6-13,15-17H2,1-5H3. The van der Waals surface area contributed by atoms with Crippen LogP contribution in [-0.2, 0) is 4.43 Å². The zero-order valence-corrected chi connectivity index (χ0v) is 17.3. The molecule has 1 fully saturated rings. The molecule has 0 aromatic rings. The van der Waals surface area contributed by atoms with Crippen LogP contribution in [0.2, 0.25) is 18.1 Å². The van der Waals surface area contributed by atoms with Gasteiger partial charge in [-0.05, 0) is 69.5 Å². The third-order valence-corrected chi connectivity index (χ3v) is 10.1. The topological polar surface area (TPSA) is 29.5 Å². The Kier molecular flexibility index (Phi) is 9.10. The van der Waals surface area contributed by atoms with Crippen molar-refractivity contribution in [2.24, 2.45) is 0 Å². The minimum absolute atomic E-state index is 0.310. The summed E-state index contributed by atoms with van der Waals surface area (Å²) in [5, 5.41) is 9.23. The van der Waals surface area contributed by atoms with E-state index in [1.54, 1.807) is 5.57 Å². The Morgan fingerprint density at radius 3 is 2.13 bits per heavy atom. The highest BCUT2D eigenvalue weighted by atomic mass is 28.4. The third kappa shape index (κ3) is 8.00. The number of hydrogen-bond acceptors (Lipinski definition) is 2. The van der Waals surface area contributed by atoms with E-state index in [0.717, 1.165) is 12.8 Å². The summed E-state index contributed by atoms with van der Waals surface area (Å²) in [7, 11) is -1.63. The first kappa shape index (κ1) is 20.9. The first-order chi connectivity index (χ1) is 10.8. The van der Waals surface area contributed by atoms with Crippen molar-refractivity contribution in [1.82, 2.24) is 0 Å². The second-order valence-corrected chi connectivity index (χ2v) is 13.5. The summed E-state index contributed by atoms with van der Waals surface area (Å²) in [5.41, 5.74) is 1.63. The molecule has 136 valence electrons. The van der Waals surface area contributed by atoms with E-state index in [1.807, 2.05) is 0 Å². The van der Waals surface area contributed by atoms with Gasteiger partial charge in [-0.2, -0.15) is 0 Å². The molecule has 0 unspecified atom stereocenters. The Morgan fingerprint density at radius 2 is 1.65 bits per heavy atom. The molecule has 0 spiro atoms. The normalized spacial score (nSPS) is 22.0. The Hall–Kier alpha value is -0.123. The molecule has 0 atom stereocenters. The van der Waals surface area contributed by atoms with E-state index in [0.29, 0.717) is 17.7 Å². The molecule has 2 nitrogen and oxygen atoms in total. The van der Waals surface area contributed by atoms with Crippen LogP contribution in [0.5, 0.6) is 0 Å². The van der Waals surface area contributed by atoms with Crippen molar-refractivity contribution in [2.75, 3.05) is 6.61 Å². The van der Waals surface area contributed by atoms with Crippen LogP contribution in [0.4, 0.5) is 0 Å². The molecule has 1 aliphatic rings. The molecule has 0 heterocycles. The highest BCUT2D eigenvalue weighted by Gasteiger charge is 2.38. The van der Waals surface area contributed by atoms with Crippen molar-refractivity contribution < 1.29 is 9.53 Å². The molecule has 0 bridgehead atoms. The summed E-state index contributed by atoms with van der Waals surface area (Å²) >= 11 is 0. The van der Waals surface area contributed by atoms with Crippen LogP contribution in [0.15, 0.2) is 11.6 Å². The molecule has 1 rings (SSSR count). The third-order valence-electron chi connectivity index (χ3n) is 5.61. The molecule has 3 heteroatoms. The molecule has 0 aromatic carbocycles. The first-order valence-corrected chi connectivity index (χ1v) is 12.6. The van der Waals surface area contributed by atoms with Gasteiger partial charge in [0.25, 0.3) is 0 Å². The summed E-state index contributed by atoms with van der Waals surface area (Å²) in [5.74, 6) is 0. The molecular weight excluding hydrogens is 300 g/mol. The van der Waals surface area contributed by atoms with Gasteiger partial charge >= 0.3 is 0 Å². The van der Waals surface area contributed by atoms with Crippen molar-refractivity contribution >= 4 is 8.32 Å². The summed E-state index contributed by atoms with van der Waals surface area (Å²) in [4.78, 5) is 0. The fourth-order valence-corrected chi connectivity index (χ4v) is 4.45. The molecule has 0 aromatic heterocycles. The maximum Gasteiger partial charge on any atom is 0.192 e. The Bertz CT molecular complexity index is 341. The van der Waals surface area contributed by atoms with E-state index >= 15 is 0 Å². The number of hydrogen-bond donors (Lipinski definition) is 1. The fourth-order valence-electron chi connectivity index (χ4n) is 3.03. The summed E-state index contributed by atoms with van der Waals surface area (Å²) in [6.45, 7) is 12.1. The van der Waals surface area contributed by atoms with Gasteiger partial charge in [0, 0.05) is 12.7 Å². The lowest BCUT2D eigenvalue weighted by Gasteiger charge is -2.39. The number of aliphatic hydroxyl groups is 1. The van der Waals surface area contributed by atoms with E-state index in [1.165, 1.54) is 51.4 Å². The van der Waals surface area contributed by atoms with E-state index in [2.05, 4.69) is 39.9 Å². The van der Waals surface area contributed by atoms with Gasteiger partial charge in [-0.25, -0.2) is 0 Å². The van der Waals surface area contributed by atoms with Crippen molar-refractivity contribution in [3.63, 3.8) is 0 Å². The van der Waals surface area contributed by atoms with Crippen molar-refractivity contribution in [3.8, 4) is 0 Å². The minimum atomic E-state index is -1.63. The lowest BCUT2D eigenvalue weighted by molar-refractivity contribution is 0.153. The van der Waals surface area contributed by atoms with E-state index in [9.17, 15) is 0 Å².